The molecule has 10 nitrogen and oxygen atoms in total. The molecule has 0 aliphatic carbocycles. The van der Waals surface area contributed by atoms with Gasteiger partial charge in [-0.1, -0.05) is 5.22 Å². The van der Waals surface area contributed by atoms with Gasteiger partial charge in [0.1, 0.15) is 5.54 Å². The Morgan fingerprint density at radius 3 is 2.26 bits per heavy atom. The molecule has 0 saturated heterocycles. The molecule has 0 aromatic heterocycles. The minimum Gasteiger partial charge on any atom is -0.267 e. The largest absolute Gasteiger partial charge is 0.284 e. The minimum absolute atomic E-state index is 0.134. The van der Waals surface area contributed by atoms with Gasteiger partial charge in [0.2, 0.25) is 0 Å². The molecule has 0 fully saturated rings. The summed E-state index contributed by atoms with van der Waals surface area (Å²) in [5, 5.41) is 21.1. The molecule has 0 radical (unpaired) electrons. The molecule has 0 amide bonds. The van der Waals surface area contributed by atoms with Crippen LogP contribution in [0, 0.1) is 10.1 Å². The van der Waals surface area contributed by atoms with Crippen LogP contribution >= 0.6 is 0 Å². The summed E-state index contributed by atoms with van der Waals surface area (Å²) in [6, 6.07) is 4.54. The number of hydrogen-bond donors (Lipinski definition) is 0. The number of nitro benzene ring substituents is 1. The molecule has 1 aromatic carbocycles. The number of nitrogens with zero attached hydrogens (tertiary/aromatic N) is 6. The predicted molar refractivity (Wildman–Crippen MR) is 82.2 cm³/mol. The van der Waals surface area contributed by atoms with Crippen LogP contribution in [0.25, 0.3) is 0 Å². The molecule has 0 unspecified atom stereocenters. The Bertz CT molecular complexity index is 784. The zero-order valence-electron chi connectivity index (χ0n) is 13.0. The van der Waals surface area contributed by atoms with Gasteiger partial charge in [0.15, 0.2) is 5.84 Å². The van der Waals surface area contributed by atoms with E-state index >= 15 is 0 Å². The standard InChI is InChI=1S/C12H16N6O4S/c1-12(2)11(16(3)14-15-17(12)4)13-23(21,22)10-7-5-9(6-8-10)18(19)20/h5-8H,1-4H3/b13-11+. The molecular weight excluding hydrogens is 324 g/mol. The molecule has 1 aliphatic rings. The number of non-ortho nitro benzene ring substituents is 1. The highest BCUT2D eigenvalue weighted by molar-refractivity contribution is 7.90. The van der Waals surface area contributed by atoms with Crippen molar-refractivity contribution in [3.8, 4) is 0 Å². The van der Waals surface area contributed by atoms with E-state index in [-0.39, 0.29) is 16.4 Å². The lowest BCUT2D eigenvalue weighted by atomic mass is 10.0. The van der Waals surface area contributed by atoms with Crippen molar-refractivity contribution >= 4 is 21.5 Å². The van der Waals surface area contributed by atoms with Gasteiger partial charge in [-0.3, -0.25) is 15.1 Å². The Hall–Kier alpha value is -2.56. The lowest BCUT2D eigenvalue weighted by Crippen LogP contribution is -2.53. The first-order chi connectivity index (χ1) is 10.6. The van der Waals surface area contributed by atoms with Crippen LogP contribution in [0.3, 0.4) is 0 Å². The van der Waals surface area contributed by atoms with Crippen molar-refractivity contribution < 1.29 is 13.3 Å². The van der Waals surface area contributed by atoms with E-state index in [9.17, 15) is 18.5 Å². The van der Waals surface area contributed by atoms with Gasteiger partial charge < -0.3 is 0 Å². The molecule has 11 heteroatoms. The van der Waals surface area contributed by atoms with Crippen LogP contribution in [0.2, 0.25) is 0 Å². The third kappa shape index (κ3) is 3.13. The summed E-state index contributed by atoms with van der Waals surface area (Å²) in [6.45, 7) is 3.51. The van der Waals surface area contributed by atoms with Gasteiger partial charge in [-0.15, -0.1) is 4.40 Å². The van der Waals surface area contributed by atoms with Crippen molar-refractivity contribution in [2.75, 3.05) is 14.1 Å². The summed E-state index contributed by atoms with van der Waals surface area (Å²) in [5.74, 6) is 0.188. The Labute approximate surface area is 133 Å². The summed E-state index contributed by atoms with van der Waals surface area (Å²) in [4.78, 5) is 9.90. The number of rotatable bonds is 3. The van der Waals surface area contributed by atoms with E-state index in [1.807, 2.05) is 0 Å². The van der Waals surface area contributed by atoms with E-state index in [1.165, 1.54) is 10.0 Å². The quantitative estimate of drug-likeness (QED) is 0.609. The Balaban J connectivity index is 2.47. The summed E-state index contributed by atoms with van der Waals surface area (Å²) < 4.78 is 28.7. The predicted octanol–water partition coefficient (Wildman–Crippen LogP) is 1.62. The van der Waals surface area contributed by atoms with Gasteiger partial charge in [0.05, 0.1) is 9.82 Å². The molecule has 2 rings (SSSR count). The Morgan fingerprint density at radius 1 is 1.17 bits per heavy atom. The molecule has 0 spiro atoms. The maximum atomic E-state index is 12.4. The highest BCUT2D eigenvalue weighted by atomic mass is 32.2. The number of sulfonamides is 1. The van der Waals surface area contributed by atoms with E-state index in [4.69, 9.17) is 0 Å². The van der Waals surface area contributed by atoms with Gasteiger partial charge in [-0.2, -0.15) is 8.42 Å². The number of nitro groups is 1. The van der Waals surface area contributed by atoms with Crippen LogP contribution in [0.4, 0.5) is 5.69 Å². The number of benzene rings is 1. The number of hydrogen-bond acceptors (Lipinski definition) is 7. The highest BCUT2D eigenvalue weighted by Crippen LogP contribution is 2.25. The monoisotopic (exact) mass is 340 g/mol. The van der Waals surface area contributed by atoms with E-state index in [2.05, 4.69) is 14.8 Å². The molecule has 23 heavy (non-hydrogen) atoms. The average Bonchev–Trinajstić information content (AvgIpc) is 2.48. The first kappa shape index (κ1) is 16.8. The Kier molecular flexibility index (Phi) is 4.07. The third-order valence-electron chi connectivity index (χ3n) is 3.52. The molecule has 0 saturated carbocycles. The van der Waals surface area contributed by atoms with Crippen LogP contribution in [-0.4, -0.2) is 48.8 Å². The SMILES string of the molecule is CN1N=NN(C)C(C)(C)/C1=N\S(=O)(=O)c1ccc([N+](=O)[O-])cc1. The zero-order chi connectivity index (χ0) is 17.4. The van der Waals surface area contributed by atoms with Crippen molar-refractivity contribution in [2.45, 2.75) is 24.3 Å². The van der Waals surface area contributed by atoms with Gasteiger partial charge in [0.25, 0.3) is 15.7 Å². The maximum Gasteiger partial charge on any atom is 0.284 e. The van der Waals surface area contributed by atoms with Gasteiger partial charge in [-0.25, -0.2) is 5.01 Å². The van der Waals surface area contributed by atoms with Gasteiger partial charge in [0, 0.05) is 26.2 Å². The topological polar surface area (TPSA) is 121 Å². The summed E-state index contributed by atoms with van der Waals surface area (Å²) >= 11 is 0. The average molecular weight is 340 g/mol. The second-order valence-electron chi connectivity index (χ2n) is 5.43. The molecule has 0 bridgehead atoms. The first-order valence-corrected chi connectivity index (χ1v) is 7.99. The number of amidine groups is 1. The van der Waals surface area contributed by atoms with Crippen LogP contribution in [-0.2, 0) is 10.0 Å². The fourth-order valence-corrected chi connectivity index (χ4v) is 3.05. The van der Waals surface area contributed by atoms with Crippen LogP contribution in [0.15, 0.2) is 44.0 Å². The lowest BCUT2D eigenvalue weighted by molar-refractivity contribution is -0.384. The van der Waals surface area contributed by atoms with E-state index in [1.54, 1.807) is 27.9 Å². The van der Waals surface area contributed by atoms with E-state index < -0.39 is 20.5 Å². The second-order valence-corrected chi connectivity index (χ2v) is 7.03. The highest BCUT2D eigenvalue weighted by Gasteiger charge is 2.37. The fourth-order valence-electron chi connectivity index (χ4n) is 1.89. The molecule has 1 aliphatic heterocycles. The molecule has 0 atom stereocenters. The smallest absolute Gasteiger partial charge is 0.267 e. The van der Waals surface area contributed by atoms with Crippen molar-refractivity contribution in [3.05, 3.63) is 34.4 Å². The van der Waals surface area contributed by atoms with Crippen LogP contribution in [0.1, 0.15) is 13.8 Å². The van der Waals surface area contributed by atoms with Gasteiger partial charge in [-0.05, 0) is 31.2 Å². The summed E-state index contributed by atoms with van der Waals surface area (Å²) in [5.41, 5.74) is -0.982. The molecule has 124 valence electrons. The van der Waals surface area contributed by atoms with E-state index in [0.717, 1.165) is 24.3 Å². The lowest BCUT2D eigenvalue weighted by Gasteiger charge is -2.38. The van der Waals surface area contributed by atoms with Crippen LogP contribution < -0.4 is 0 Å². The zero-order valence-corrected chi connectivity index (χ0v) is 13.9. The van der Waals surface area contributed by atoms with E-state index in [0.29, 0.717) is 0 Å². The fraction of sp³-hybridized carbons (Fsp3) is 0.417. The van der Waals surface area contributed by atoms with Crippen molar-refractivity contribution in [2.24, 2.45) is 14.8 Å². The normalized spacial score (nSPS) is 19.2. The Morgan fingerprint density at radius 2 is 1.74 bits per heavy atom. The molecule has 0 N–H and O–H groups in total. The summed E-state index contributed by atoms with van der Waals surface area (Å²) in [7, 11) is -0.833. The number of likely N-dealkylation sites (N-methyl/N-ethyl adjacent to an activating group) is 2. The van der Waals surface area contributed by atoms with Crippen molar-refractivity contribution in [1.82, 2.24) is 10.0 Å². The minimum atomic E-state index is -4.03. The third-order valence-corrected chi connectivity index (χ3v) is 4.80. The summed E-state index contributed by atoms with van der Waals surface area (Å²) in [6.07, 6.45) is 0. The molecule has 1 aromatic rings. The van der Waals surface area contributed by atoms with Crippen molar-refractivity contribution in [3.63, 3.8) is 0 Å². The molecule has 1 heterocycles. The van der Waals surface area contributed by atoms with Crippen LogP contribution in [0.5, 0.6) is 0 Å². The maximum absolute atomic E-state index is 12.4. The molecular formula is C12H16N6O4S. The second kappa shape index (κ2) is 5.57. The van der Waals surface area contributed by atoms with Crippen molar-refractivity contribution in [1.29, 1.82) is 0 Å². The first-order valence-electron chi connectivity index (χ1n) is 6.55. The van der Waals surface area contributed by atoms with Gasteiger partial charge >= 0.3 is 0 Å².